The summed E-state index contributed by atoms with van der Waals surface area (Å²) >= 11 is 46.0. The molecule has 0 atom stereocenters. The lowest BCUT2D eigenvalue weighted by Gasteiger charge is -2.14. The Balaban J connectivity index is 0.000000191. The van der Waals surface area contributed by atoms with E-state index in [0.29, 0.717) is 120 Å². The Bertz CT molecular complexity index is 5710. The van der Waals surface area contributed by atoms with Gasteiger partial charge in [-0.2, -0.15) is 0 Å². The van der Waals surface area contributed by atoms with Gasteiger partial charge in [-0.25, -0.2) is 0 Å². The van der Waals surface area contributed by atoms with E-state index in [1.807, 2.05) is 165 Å². The predicted octanol–water partition coefficient (Wildman–Crippen LogP) is 30.1. The van der Waals surface area contributed by atoms with Crippen LogP contribution in [0.25, 0.3) is 0 Å². The number of hydrogen-bond acceptors (Lipinski definition) is 18. The van der Waals surface area contributed by atoms with E-state index < -0.39 is 9.85 Å². The molecule has 0 unspecified atom stereocenters. The van der Waals surface area contributed by atoms with Gasteiger partial charge in [0.25, 0.3) is 34.1 Å². The van der Waals surface area contributed by atoms with Gasteiger partial charge in [-0.05, 0) is 260 Å². The van der Waals surface area contributed by atoms with E-state index in [4.69, 9.17) is 110 Å². The number of nitro benzene ring substituents is 6. The Morgan fingerprint density at radius 1 is 0.271 bits per heavy atom. The maximum atomic E-state index is 11.3. The molecule has 0 aliphatic heterocycles. The highest BCUT2D eigenvalue weighted by Gasteiger charge is 2.31. The first-order valence-corrected chi connectivity index (χ1v) is 43.6. The molecular weight excluding hydrogens is 1870 g/mol. The van der Waals surface area contributed by atoms with Gasteiger partial charge in [-0.1, -0.05) is 201 Å². The SMILES string of the molecule is CCc1cccc([N+](=O)[O-])c1COc1cc(Cl)c(C)cc1C.Cc1cc(C)c(OCc2c(Br)cccc2[N+](=O)[O-])cc1Cl.Cc1cc(C)c(OCc2c(C)cccc2[N+](=O)[O-])cc1Cl.Cc1cc(C)c(OCc2c(C)cccc2[N+](=O)[O-])cc1Cl.Cc1cc(C)c(OCc2c(C3CC3)cccc2[N+](=O)[O-])cc1Cl.Cc1cc(C)c(OCc2c(Cl)cccc2[N+](=O)[O-])cc1Cl. The topological polar surface area (TPSA) is 314 Å². The highest BCUT2D eigenvalue weighted by atomic mass is 79.9. The number of aryl methyl sites for hydroxylation is 15. The molecule has 1 saturated carbocycles. The molecule has 129 heavy (non-hydrogen) atoms. The van der Waals surface area contributed by atoms with Crippen molar-refractivity contribution >= 4 is 131 Å². The van der Waals surface area contributed by atoms with Crippen LogP contribution in [0.3, 0.4) is 0 Å². The minimum absolute atomic E-state index is 0.0101. The largest absolute Gasteiger partial charge is 0.488 e. The fraction of sp³-hybridized carbons (Fsp3) is 0.258. The zero-order valence-electron chi connectivity index (χ0n) is 73.3. The number of nitro groups is 6. The number of ether oxygens (including phenoxy) is 6. The number of hydrogen-bond donors (Lipinski definition) is 0. The average molecular weight is 1960 g/mol. The van der Waals surface area contributed by atoms with Gasteiger partial charge < -0.3 is 28.4 Å². The second-order valence-electron chi connectivity index (χ2n) is 30.5. The standard InChI is InChI=1S/C18H18ClNO3.C17H18ClNO3.2C16H16ClNO3.C15H13BrClNO3.C15H13Cl2NO3/c1-11-8-12(2)18(9-16(11)19)23-10-15-14(13-6-7-13)4-3-5-17(15)20(21)22;1-4-13-6-5-7-16(19(20)21)14(13)10-22-17-9-15(18)11(2)8-12(17)3;2*1-10-5-4-6-15(18(19)20)13(10)9-21-16-8-14(17)11(2)7-12(16)3;2*1-9-6-10(2)15(7-13(9)17)21-8-11-12(16)4-3-5-14(11)18(19)20/h3-5,8-9,13H,6-7,10H2,1-2H3;5-9H,4,10H2,1-3H3;2*4-8H,9H2,1-3H3;2*3-7H,8H2,1-2H3. The quantitative estimate of drug-likeness (QED) is 0.0359. The molecule has 0 N–H and O–H groups in total. The second kappa shape index (κ2) is 47.6. The summed E-state index contributed by atoms with van der Waals surface area (Å²) in [4.78, 5) is 64.4. The van der Waals surface area contributed by atoms with E-state index >= 15 is 0 Å². The molecule has 0 bridgehead atoms. The smallest absolute Gasteiger partial charge is 0.277 e. The van der Waals surface area contributed by atoms with Gasteiger partial charge in [0.05, 0.1) is 67.9 Å². The molecular formula is C97H94BrCl7N6O18. The molecule has 13 rings (SSSR count). The lowest BCUT2D eigenvalue weighted by Crippen LogP contribution is -2.05. The van der Waals surface area contributed by atoms with Crippen LogP contribution in [-0.4, -0.2) is 29.5 Å². The summed E-state index contributed by atoms with van der Waals surface area (Å²) in [7, 11) is 0. The fourth-order valence-electron chi connectivity index (χ4n) is 13.5. The maximum absolute atomic E-state index is 11.3. The zero-order valence-corrected chi connectivity index (χ0v) is 80.2. The van der Waals surface area contributed by atoms with E-state index in [2.05, 4.69) is 15.9 Å². The Kier molecular flexibility index (Phi) is 37.9. The van der Waals surface area contributed by atoms with Crippen molar-refractivity contribution in [1.82, 2.24) is 0 Å². The highest BCUT2D eigenvalue weighted by molar-refractivity contribution is 9.10. The average Bonchev–Trinajstić information content (AvgIpc) is 1.65. The Morgan fingerprint density at radius 2 is 0.504 bits per heavy atom. The van der Waals surface area contributed by atoms with Crippen LogP contribution >= 0.6 is 97.1 Å². The summed E-state index contributed by atoms with van der Waals surface area (Å²) in [5.74, 6) is 4.23. The van der Waals surface area contributed by atoms with E-state index in [0.717, 1.165) is 102 Å². The van der Waals surface area contributed by atoms with Crippen LogP contribution in [0.15, 0.2) is 186 Å². The maximum Gasteiger partial charge on any atom is 0.277 e. The number of rotatable bonds is 26. The van der Waals surface area contributed by atoms with Gasteiger partial charge in [-0.3, -0.25) is 60.7 Å². The summed E-state index contributed by atoms with van der Waals surface area (Å²) in [5, 5.41) is 70.8. The molecule has 0 radical (unpaired) electrons. The summed E-state index contributed by atoms with van der Waals surface area (Å²) in [6, 6.07) is 51.8. The van der Waals surface area contributed by atoms with Crippen LogP contribution in [0.4, 0.5) is 34.1 Å². The molecule has 1 aliphatic rings. The fourth-order valence-corrected chi connectivity index (χ4v) is 15.1. The second-order valence-corrected chi connectivity index (χ2v) is 34.2. The van der Waals surface area contributed by atoms with Crippen LogP contribution in [0.2, 0.25) is 35.2 Å². The lowest BCUT2D eigenvalue weighted by molar-refractivity contribution is -0.386. The summed E-state index contributed by atoms with van der Waals surface area (Å²) in [5.41, 5.74) is 18.8. The van der Waals surface area contributed by atoms with Gasteiger partial charge in [0, 0.05) is 71.0 Å². The van der Waals surface area contributed by atoms with Crippen molar-refractivity contribution in [3.05, 3.63) is 405 Å². The van der Waals surface area contributed by atoms with Gasteiger partial charge in [0.1, 0.15) is 74.1 Å². The third-order valence-electron chi connectivity index (χ3n) is 20.9. The number of nitrogens with zero attached hydrogens (tertiary/aromatic N) is 6. The minimum Gasteiger partial charge on any atom is -0.488 e. The molecule has 24 nitrogen and oxygen atoms in total. The molecule has 1 fully saturated rings. The van der Waals surface area contributed by atoms with Crippen LogP contribution in [0, 0.1) is 158 Å². The van der Waals surface area contributed by atoms with Crippen molar-refractivity contribution in [2.24, 2.45) is 0 Å². The monoisotopic (exact) mass is 1950 g/mol. The summed E-state index contributed by atoms with van der Waals surface area (Å²) < 4.78 is 35.2. The van der Waals surface area contributed by atoms with Crippen molar-refractivity contribution in [2.45, 2.75) is 169 Å². The molecule has 0 aromatic heterocycles. The molecule has 12 aromatic carbocycles. The van der Waals surface area contributed by atoms with Crippen molar-refractivity contribution in [2.75, 3.05) is 0 Å². The third-order valence-corrected chi connectivity index (χ3v) is 24.5. The van der Waals surface area contributed by atoms with E-state index in [1.54, 1.807) is 84.9 Å². The first-order chi connectivity index (χ1) is 61.0. The van der Waals surface area contributed by atoms with E-state index in [-0.39, 0.29) is 93.5 Å². The van der Waals surface area contributed by atoms with Crippen molar-refractivity contribution in [3.63, 3.8) is 0 Å². The van der Waals surface area contributed by atoms with E-state index in [1.165, 1.54) is 36.4 Å². The van der Waals surface area contributed by atoms with Crippen LogP contribution in [0.1, 0.15) is 148 Å². The lowest BCUT2D eigenvalue weighted by atomic mass is 10.0. The van der Waals surface area contributed by atoms with E-state index in [9.17, 15) is 60.7 Å². The summed E-state index contributed by atoms with van der Waals surface area (Å²) in [6.45, 7) is 29.4. The minimum atomic E-state index is -0.473. The Morgan fingerprint density at radius 3 is 0.806 bits per heavy atom. The van der Waals surface area contributed by atoms with Gasteiger partial charge in [0.2, 0.25) is 0 Å². The first kappa shape index (κ1) is 103. The van der Waals surface area contributed by atoms with Gasteiger partial charge in [0.15, 0.2) is 0 Å². The molecule has 0 heterocycles. The van der Waals surface area contributed by atoms with Gasteiger partial charge in [-0.15, -0.1) is 0 Å². The molecule has 1 aliphatic carbocycles. The summed E-state index contributed by atoms with van der Waals surface area (Å²) in [6.07, 6.45) is 2.89. The number of benzene rings is 12. The highest BCUT2D eigenvalue weighted by Crippen LogP contribution is 2.45. The van der Waals surface area contributed by atoms with Crippen LogP contribution < -0.4 is 28.4 Å². The molecule has 12 aromatic rings. The Hall–Kier alpha value is -11.7. The molecule has 32 heteroatoms. The zero-order chi connectivity index (χ0) is 95.1. The van der Waals surface area contributed by atoms with Crippen molar-refractivity contribution in [3.8, 4) is 34.5 Å². The van der Waals surface area contributed by atoms with Crippen molar-refractivity contribution < 1.29 is 58.0 Å². The van der Waals surface area contributed by atoms with Crippen LogP contribution in [-0.2, 0) is 46.1 Å². The molecule has 0 amide bonds. The molecule has 676 valence electrons. The van der Waals surface area contributed by atoms with Crippen molar-refractivity contribution in [1.29, 1.82) is 0 Å². The predicted molar refractivity (Wildman–Crippen MR) is 514 cm³/mol. The molecule has 0 saturated heterocycles. The van der Waals surface area contributed by atoms with Gasteiger partial charge >= 0.3 is 0 Å². The normalized spacial score (nSPS) is 11.1. The van der Waals surface area contributed by atoms with Crippen LogP contribution in [0.5, 0.6) is 34.5 Å². The Labute approximate surface area is 791 Å². The third kappa shape index (κ3) is 28.4. The molecule has 0 spiro atoms. The number of halogens is 8. The first-order valence-electron chi connectivity index (χ1n) is 40.2.